The van der Waals surface area contributed by atoms with E-state index in [-0.39, 0.29) is 10.8 Å². The van der Waals surface area contributed by atoms with Gasteiger partial charge in [0.25, 0.3) is 0 Å². The van der Waals surface area contributed by atoms with Crippen molar-refractivity contribution in [1.82, 2.24) is 0 Å². The Balaban J connectivity index is 2.83. The van der Waals surface area contributed by atoms with E-state index in [0.717, 1.165) is 12.8 Å². The van der Waals surface area contributed by atoms with Crippen molar-refractivity contribution < 1.29 is 0 Å². The average molecular weight is 237 g/mol. The molecule has 1 aromatic rings. The Morgan fingerprint density at radius 1 is 1.25 bits per heavy atom. The first-order valence-electron chi connectivity index (χ1n) is 5.95. The molecule has 0 saturated carbocycles. The van der Waals surface area contributed by atoms with Gasteiger partial charge in [-0.1, -0.05) is 45.9 Å². The van der Waals surface area contributed by atoms with Gasteiger partial charge in [-0.15, -0.1) is 11.8 Å². The van der Waals surface area contributed by atoms with Crippen molar-refractivity contribution in [2.24, 2.45) is 5.73 Å². The van der Waals surface area contributed by atoms with E-state index in [9.17, 15) is 0 Å². The lowest BCUT2D eigenvalue weighted by atomic mass is 10.1. The fourth-order valence-electron chi connectivity index (χ4n) is 1.53. The van der Waals surface area contributed by atoms with Crippen LogP contribution in [0, 0.1) is 0 Å². The minimum atomic E-state index is 0.256. The molecule has 0 aliphatic carbocycles. The fourth-order valence-corrected chi connectivity index (χ4v) is 2.62. The lowest BCUT2D eigenvalue weighted by Crippen LogP contribution is -2.22. The second-order valence-corrected chi connectivity index (χ2v) is 7.06. The Kier molecular flexibility index (Phi) is 4.88. The highest BCUT2D eigenvalue weighted by Gasteiger charge is 2.15. The van der Waals surface area contributed by atoms with E-state index < -0.39 is 0 Å². The Bertz CT molecular complexity index is 328. The Morgan fingerprint density at radius 2 is 1.88 bits per heavy atom. The third kappa shape index (κ3) is 4.58. The number of hydrogen-bond acceptors (Lipinski definition) is 2. The topological polar surface area (TPSA) is 26.0 Å². The highest BCUT2D eigenvalue weighted by Crippen LogP contribution is 2.34. The zero-order valence-electron chi connectivity index (χ0n) is 10.8. The van der Waals surface area contributed by atoms with Crippen LogP contribution in [-0.2, 0) is 6.42 Å². The van der Waals surface area contributed by atoms with E-state index >= 15 is 0 Å². The van der Waals surface area contributed by atoms with Gasteiger partial charge in [0, 0.05) is 15.7 Å². The molecule has 1 aromatic carbocycles. The van der Waals surface area contributed by atoms with Crippen molar-refractivity contribution in [1.29, 1.82) is 0 Å². The third-order valence-electron chi connectivity index (χ3n) is 2.40. The molecule has 90 valence electrons. The SMILES string of the molecule is CCC(N)Cc1ccccc1SC(C)(C)C. The van der Waals surface area contributed by atoms with Crippen LogP contribution in [0.4, 0.5) is 0 Å². The summed E-state index contributed by atoms with van der Waals surface area (Å²) < 4.78 is 0.256. The molecule has 1 nitrogen and oxygen atoms in total. The summed E-state index contributed by atoms with van der Waals surface area (Å²) in [6.45, 7) is 8.88. The first-order chi connectivity index (χ1) is 7.42. The van der Waals surface area contributed by atoms with E-state index in [1.807, 2.05) is 11.8 Å². The Labute approximate surface area is 104 Å². The van der Waals surface area contributed by atoms with Crippen LogP contribution in [0.1, 0.15) is 39.7 Å². The lowest BCUT2D eigenvalue weighted by molar-refractivity contribution is 0.640. The summed E-state index contributed by atoms with van der Waals surface area (Å²) >= 11 is 1.92. The van der Waals surface area contributed by atoms with Crippen molar-refractivity contribution in [3.8, 4) is 0 Å². The summed E-state index contributed by atoms with van der Waals surface area (Å²) in [5, 5.41) is 0. The maximum absolute atomic E-state index is 6.03. The lowest BCUT2D eigenvalue weighted by Gasteiger charge is -2.20. The highest BCUT2D eigenvalue weighted by molar-refractivity contribution is 8.00. The first-order valence-corrected chi connectivity index (χ1v) is 6.76. The molecule has 0 bridgehead atoms. The number of rotatable bonds is 4. The molecule has 0 aliphatic rings. The predicted molar refractivity (Wildman–Crippen MR) is 74.0 cm³/mol. The molecule has 16 heavy (non-hydrogen) atoms. The average Bonchev–Trinajstić information content (AvgIpc) is 2.18. The molecule has 0 fully saturated rings. The molecule has 0 saturated heterocycles. The maximum Gasteiger partial charge on any atom is 0.0122 e. The van der Waals surface area contributed by atoms with Gasteiger partial charge in [0.2, 0.25) is 0 Å². The normalized spacial score (nSPS) is 13.8. The Morgan fingerprint density at radius 3 is 2.44 bits per heavy atom. The van der Waals surface area contributed by atoms with E-state index in [2.05, 4.69) is 52.0 Å². The van der Waals surface area contributed by atoms with E-state index in [0.29, 0.717) is 0 Å². The molecule has 0 heterocycles. The summed E-state index contributed by atoms with van der Waals surface area (Å²) in [6, 6.07) is 8.89. The van der Waals surface area contributed by atoms with Crippen LogP contribution < -0.4 is 5.73 Å². The number of hydrogen-bond donors (Lipinski definition) is 1. The standard InChI is InChI=1S/C14H23NS/c1-5-12(15)10-11-8-6-7-9-13(11)16-14(2,3)4/h6-9,12H,5,10,15H2,1-4H3. The largest absolute Gasteiger partial charge is 0.327 e. The molecule has 2 N–H and O–H groups in total. The molecule has 0 amide bonds. The van der Waals surface area contributed by atoms with E-state index in [1.165, 1.54) is 10.5 Å². The summed E-state index contributed by atoms with van der Waals surface area (Å²) in [7, 11) is 0. The van der Waals surface area contributed by atoms with Gasteiger partial charge in [-0.25, -0.2) is 0 Å². The predicted octanol–water partition coefficient (Wildman–Crippen LogP) is 3.86. The Hall–Kier alpha value is -0.470. The minimum Gasteiger partial charge on any atom is -0.327 e. The van der Waals surface area contributed by atoms with Crippen LogP contribution in [0.3, 0.4) is 0 Å². The molecule has 0 radical (unpaired) electrons. The molecule has 1 rings (SSSR count). The molecule has 0 aliphatic heterocycles. The van der Waals surface area contributed by atoms with Gasteiger partial charge in [-0.05, 0) is 24.5 Å². The summed E-state index contributed by atoms with van der Waals surface area (Å²) in [5.41, 5.74) is 7.41. The van der Waals surface area contributed by atoms with Crippen molar-refractivity contribution in [2.75, 3.05) is 0 Å². The molecule has 0 aromatic heterocycles. The quantitative estimate of drug-likeness (QED) is 0.805. The van der Waals surface area contributed by atoms with Gasteiger partial charge >= 0.3 is 0 Å². The van der Waals surface area contributed by atoms with Crippen molar-refractivity contribution >= 4 is 11.8 Å². The van der Waals surface area contributed by atoms with Crippen molar-refractivity contribution in [3.63, 3.8) is 0 Å². The molecule has 1 unspecified atom stereocenters. The fraction of sp³-hybridized carbons (Fsp3) is 0.571. The zero-order chi connectivity index (χ0) is 12.2. The summed E-state index contributed by atoms with van der Waals surface area (Å²) in [6.07, 6.45) is 2.02. The number of benzene rings is 1. The van der Waals surface area contributed by atoms with Crippen LogP contribution in [0.25, 0.3) is 0 Å². The molecular weight excluding hydrogens is 214 g/mol. The van der Waals surface area contributed by atoms with Gasteiger partial charge < -0.3 is 5.73 Å². The van der Waals surface area contributed by atoms with Crippen molar-refractivity contribution in [3.05, 3.63) is 29.8 Å². The molecular formula is C14H23NS. The van der Waals surface area contributed by atoms with Crippen LogP contribution in [0.5, 0.6) is 0 Å². The highest BCUT2D eigenvalue weighted by atomic mass is 32.2. The van der Waals surface area contributed by atoms with Crippen LogP contribution in [0.15, 0.2) is 29.2 Å². The second kappa shape index (κ2) is 5.74. The van der Waals surface area contributed by atoms with E-state index in [4.69, 9.17) is 5.73 Å². The van der Waals surface area contributed by atoms with Crippen molar-refractivity contribution in [2.45, 2.75) is 56.2 Å². The number of nitrogens with two attached hydrogens (primary N) is 1. The van der Waals surface area contributed by atoms with Gasteiger partial charge in [0.15, 0.2) is 0 Å². The number of thioether (sulfide) groups is 1. The van der Waals surface area contributed by atoms with Crippen LogP contribution >= 0.6 is 11.8 Å². The smallest absolute Gasteiger partial charge is 0.0122 e. The first kappa shape index (κ1) is 13.6. The summed E-state index contributed by atoms with van der Waals surface area (Å²) in [4.78, 5) is 1.37. The molecule has 1 atom stereocenters. The van der Waals surface area contributed by atoms with Gasteiger partial charge in [0.05, 0.1) is 0 Å². The van der Waals surface area contributed by atoms with E-state index in [1.54, 1.807) is 0 Å². The minimum absolute atomic E-state index is 0.256. The third-order valence-corrected chi connectivity index (χ3v) is 3.63. The van der Waals surface area contributed by atoms with Gasteiger partial charge in [0.1, 0.15) is 0 Å². The van der Waals surface area contributed by atoms with Gasteiger partial charge in [-0.3, -0.25) is 0 Å². The van der Waals surface area contributed by atoms with Gasteiger partial charge in [-0.2, -0.15) is 0 Å². The monoisotopic (exact) mass is 237 g/mol. The van der Waals surface area contributed by atoms with Crippen LogP contribution in [0.2, 0.25) is 0 Å². The second-order valence-electron chi connectivity index (χ2n) is 5.19. The molecule has 2 heteroatoms. The maximum atomic E-state index is 6.03. The summed E-state index contributed by atoms with van der Waals surface area (Å²) in [5.74, 6) is 0. The zero-order valence-corrected chi connectivity index (χ0v) is 11.6. The molecule has 0 spiro atoms. The van der Waals surface area contributed by atoms with Crippen LogP contribution in [-0.4, -0.2) is 10.8 Å².